The normalized spacial score (nSPS) is 22.6. The second-order valence-electron chi connectivity index (χ2n) is 6.32. The molecule has 0 unspecified atom stereocenters. The van der Waals surface area contributed by atoms with Crippen molar-refractivity contribution in [3.8, 4) is 0 Å². The molecule has 0 aromatic carbocycles. The van der Waals surface area contributed by atoms with Crippen LogP contribution < -0.4 is 10.6 Å². The summed E-state index contributed by atoms with van der Waals surface area (Å²) in [6.07, 6.45) is 0.817. The molecule has 1 aromatic heterocycles. The fraction of sp³-hybridized carbons (Fsp3) is 0.600. The van der Waals surface area contributed by atoms with Gasteiger partial charge >= 0.3 is 0 Å². The van der Waals surface area contributed by atoms with Crippen molar-refractivity contribution in [1.82, 2.24) is 10.6 Å². The summed E-state index contributed by atoms with van der Waals surface area (Å²) in [6.45, 7) is 7.39. The molecule has 0 bridgehead atoms. The van der Waals surface area contributed by atoms with Crippen LogP contribution in [0, 0.1) is 17.3 Å². The van der Waals surface area contributed by atoms with Gasteiger partial charge in [-0.05, 0) is 23.3 Å². The molecule has 2 atom stereocenters. The van der Waals surface area contributed by atoms with Crippen molar-refractivity contribution in [1.29, 1.82) is 0 Å². The third kappa shape index (κ3) is 3.39. The maximum atomic E-state index is 12.3. The highest BCUT2D eigenvalue weighted by Gasteiger charge is 2.45. The molecule has 2 amide bonds. The molecule has 2 rings (SSSR count). The summed E-state index contributed by atoms with van der Waals surface area (Å²) in [4.78, 5) is 25.4. The number of nitrogens with one attached hydrogen (secondary N) is 2. The highest BCUT2D eigenvalue weighted by molar-refractivity contribution is 7.09. The quantitative estimate of drug-likeness (QED) is 0.832. The van der Waals surface area contributed by atoms with Gasteiger partial charge in [0.25, 0.3) is 0 Å². The summed E-state index contributed by atoms with van der Waals surface area (Å²) in [6, 6.07) is 4.05. The lowest BCUT2D eigenvalue weighted by Gasteiger charge is -2.29. The zero-order chi connectivity index (χ0) is 14.8. The molecule has 4 nitrogen and oxygen atoms in total. The maximum absolute atomic E-state index is 12.3. The second kappa shape index (κ2) is 5.95. The maximum Gasteiger partial charge on any atom is 0.232 e. The van der Waals surface area contributed by atoms with Crippen LogP contribution in [0.3, 0.4) is 0 Å². The fourth-order valence-electron chi connectivity index (χ4n) is 2.60. The van der Waals surface area contributed by atoms with Gasteiger partial charge in [0.15, 0.2) is 0 Å². The molecule has 2 heterocycles. The zero-order valence-electron chi connectivity index (χ0n) is 12.2. The lowest BCUT2D eigenvalue weighted by atomic mass is 9.74. The molecule has 1 aliphatic rings. The van der Waals surface area contributed by atoms with Crippen LogP contribution in [-0.4, -0.2) is 24.9 Å². The van der Waals surface area contributed by atoms with Gasteiger partial charge in [-0.25, -0.2) is 0 Å². The van der Waals surface area contributed by atoms with Crippen LogP contribution in [0.15, 0.2) is 17.5 Å². The van der Waals surface area contributed by atoms with Gasteiger partial charge in [-0.1, -0.05) is 26.8 Å². The van der Waals surface area contributed by atoms with Crippen LogP contribution >= 0.6 is 11.3 Å². The van der Waals surface area contributed by atoms with Gasteiger partial charge in [-0.15, -0.1) is 11.3 Å². The Hall–Kier alpha value is -1.36. The minimum atomic E-state index is -0.557. The van der Waals surface area contributed by atoms with Crippen LogP contribution in [0.25, 0.3) is 0 Å². The van der Waals surface area contributed by atoms with Gasteiger partial charge in [0, 0.05) is 23.9 Å². The van der Waals surface area contributed by atoms with Gasteiger partial charge in [0.1, 0.15) is 5.92 Å². The van der Waals surface area contributed by atoms with Crippen molar-refractivity contribution in [2.45, 2.75) is 27.2 Å². The molecular weight excluding hydrogens is 272 g/mol. The largest absolute Gasteiger partial charge is 0.355 e. The van der Waals surface area contributed by atoms with Crippen molar-refractivity contribution in [2.24, 2.45) is 17.3 Å². The van der Waals surface area contributed by atoms with E-state index in [9.17, 15) is 9.59 Å². The van der Waals surface area contributed by atoms with Crippen LogP contribution in [-0.2, 0) is 16.0 Å². The van der Waals surface area contributed by atoms with Gasteiger partial charge < -0.3 is 10.6 Å². The molecule has 1 saturated heterocycles. The summed E-state index contributed by atoms with van der Waals surface area (Å²) in [5, 5.41) is 7.74. The monoisotopic (exact) mass is 294 g/mol. The Morgan fingerprint density at radius 2 is 2.25 bits per heavy atom. The predicted octanol–water partition coefficient (Wildman–Crippen LogP) is 1.82. The minimum Gasteiger partial charge on any atom is -0.355 e. The van der Waals surface area contributed by atoms with E-state index in [1.165, 1.54) is 4.88 Å². The van der Waals surface area contributed by atoms with Gasteiger partial charge in [-0.3, -0.25) is 9.59 Å². The number of rotatable bonds is 4. The first-order chi connectivity index (χ1) is 9.39. The van der Waals surface area contributed by atoms with E-state index in [1.54, 1.807) is 11.3 Å². The zero-order valence-corrected chi connectivity index (χ0v) is 13.0. The SMILES string of the molecule is CC(C)(C)[C@H]1CNC(=O)[C@H]1C(=O)NCCc1cccs1. The summed E-state index contributed by atoms with van der Waals surface area (Å²) in [7, 11) is 0. The summed E-state index contributed by atoms with van der Waals surface area (Å²) >= 11 is 1.68. The molecule has 0 spiro atoms. The number of hydrogen-bond acceptors (Lipinski definition) is 3. The predicted molar refractivity (Wildman–Crippen MR) is 80.5 cm³/mol. The third-order valence-electron chi connectivity index (χ3n) is 3.83. The Balaban J connectivity index is 1.91. The molecule has 1 aliphatic heterocycles. The second-order valence-corrected chi connectivity index (χ2v) is 7.35. The smallest absolute Gasteiger partial charge is 0.232 e. The molecule has 110 valence electrons. The van der Waals surface area contributed by atoms with Crippen LogP contribution in [0.4, 0.5) is 0 Å². The average Bonchev–Trinajstić information content (AvgIpc) is 2.97. The molecule has 1 aromatic rings. The number of thiophene rings is 1. The van der Waals surface area contributed by atoms with Crippen molar-refractivity contribution in [2.75, 3.05) is 13.1 Å². The van der Waals surface area contributed by atoms with E-state index < -0.39 is 5.92 Å². The first-order valence-electron chi connectivity index (χ1n) is 6.97. The Bertz CT molecular complexity index is 477. The molecule has 0 saturated carbocycles. The standard InChI is InChI=1S/C15H22N2O2S/c1-15(2,3)11-9-17-14(19)12(11)13(18)16-7-6-10-5-4-8-20-10/h4-5,8,11-12H,6-7,9H2,1-3H3,(H,16,18)(H,17,19)/t11-,12+/m0/s1. The highest BCUT2D eigenvalue weighted by Crippen LogP contribution is 2.35. The molecule has 20 heavy (non-hydrogen) atoms. The lowest BCUT2D eigenvalue weighted by molar-refractivity contribution is -0.135. The Kier molecular flexibility index (Phi) is 4.48. The third-order valence-corrected chi connectivity index (χ3v) is 4.76. The minimum absolute atomic E-state index is 0.0525. The van der Waals surface area contributed by atoms with E-state index >= 15 is 0 Å². The van der Waals surface area contributed by atoms with Crippen molar-refractivity contribution in [3.05, 3.63) is 22.4 Å². The summed E-state index contributed by atoms with van der Waals surface area (Å²) < 4.78 is 0. The van der Waals surface area contributed by atoms with E-state index in [4.69, 9.17) is 0 Å². The Morgan fingerprint density at radius 1 is 1.50 bits per heavy atom. The summed E-state index contributed by atoms with van der Waals surface area (Å²) in [5.41, 5.74) is -0.0606. The number of amides is 2. The first-order valence-corrected chi connectivity index (χ1v) is 7.85. The van der Waals surface area contributed by atoms with E-state index in [1.807, 2.05) is 11.4 Å². The van der Waals surface area contributed by atoms with Crippen molar-refractivity contribution in [3.63, 3.8) is 0 Å². The molecule has 0 radical (unpaired) electrons. The van der Waals surface area contributed by atoms with Crippen LogP contribution in [0.2, 0.25) is 0 Å². The van der Waals surface area contributed by atoms with E-state index in [0.717, 1.165) is 6.42 Å². The van der Waals surface area contributed by atoms with Gasteiger partial charge in [0.2, 0.25) is 11.8 Å². The van der Waals surface area contributed by atoms with Crippen molar-refractivity contribution >= 4 is 23.2 Å². The molecule has 2 N–H and O–H groups in total. The topological polar surface area (TPSA) is 58.2 Å². The van der Waals surface area contributed by atoms with E-state index in [2.05, 4.69) is 37.5 Å². The molecule has 1 fully saturated rings. The Labute approximate surface area is 124 Å². The molecular formula is C15H22N2O2S. The van der Waals surface area contributed by atoms with E-state index in [-0.39, 0.29) is 23.1 Å². The van der Waals surface area contributed by atoms with Crippen LogP contribution in [0.1, 0.15) is 25.6 Å². The highest BCUT2D eigenvalue weighted by atomic mass is 32.1. The van der Waals surface area contributed by atoms with Crippen LogP contribution in [0.5, 0.6) is 0 Å². The van der Waals surface area contributed by atoms with E-state index in [0.29, 0.717) is 13.1 Å². The first kappa shape index (κ1) is 15.0. The molecule has 5 heteroatoms. The fourth-order valence-corrected chi connectivity index (χ4v) is 3.31. The average molecular weight is 294 g/mol. The Morgan fingerprint density at radius 3 is 2.85 bits per heavy atom. The lowest BCUT2D eigenvalue weighted by Crippen LogP contribution is -2.41. The molecule has 0 aliphatic carbocycles. The number of hydrogen-bond donors (Lipinski definition) is 2. The number of carbonyl (C=O) groups is 2. The summed E-state index contributed by atoms with van der Waals surface area (Å²) in [5.74, 6) is -0.787. The van der Waals surface area contributed by atoms with Crippen molar-refractivity contribution < 1.29 is 9.59 Å². The van der Waals surface area contributed by atoms with Gasteiger partial charge in [0.05, 0.1) is 0 Å². The van der Waals surface area contributed by atoms with Gasteiger partial charge in [-0.2, -0.15) is 0 Å². The number of carbonyl (C=O) groups excluding carboxylic acids is 2.